The molecule has 1 rings (SSSR count). The van der Waals surface area contributed by atoms with Crippen molar-refractivity contribution in [2.45, 2.75) is 59.5 Å². The van der Waals surface area contributed by atoms with E-state index in [1.54, 1.807) is 20.8 Å². The predicted molar refractivity (Wildman–Crippen MR) is 77.9 cm³/mol. The second-order valence-electron chi connectivity index (χ2n) is 5.59. The van der Waals surface area contributed by atoms with Crippen molar-refractivity contribution < 1.29 is 14.3 Å². The number of esters is 1. The monoisotopic (exact) mass is 296 g/mol. The molecule has 0 aliphatic carbocycles. The van der Waals surface area contributed by atoms with Gasteiger partial charge in [0.05, 0.1) is 12.3 Å². The lowest BCUT2D eigenvalue weighted by atomic mass is 10.0. The van der Waals surface area contributed by atoms with Gasteiger partial charge in [0.15, 0.2) is 5.69 Å². The van der Waals surface area contributed by atoms with Gasteiger partial charge in [-0.1, -0.05) is 12.1 Å². The summed E-state index contributed by atoms with van der Waals surface area (Å²) in [5.74, 6) is -0.687. The van der Waals surface area contributed by atoms with E-state index in [9.17, 15) is 9.59 Å². The van der Waals surface area contributed by atoms with Crippen molar-refractivity contribution >= 4 is 11.9 Å². The van der Waals surface area contributed by atoms with Crippen LogP contribution in [0.15, 0.2) is 0 Å². The largest absolute Gasteiger partial charge is 0.461 e. The summed E-state index contributed by atoms with van der Waals surface area (Å²) in [6.45, 7) is 11.3. The minimum atomic E-state index is -0.550. The third-order valence-corrected chi connectivity index (χ3v) is 3.49. The standard InChI is InChI=1S/C14H24N4O3/c1-7-14(5,6)15-12(19)10(4)18-9(3)11(16-17-18)13(20)21-8-2/h10H,7-8H2,1-6H3,(H,15,19). The van der Waals surface area contributed by atoms with Gasteiger partial charge in [-0.25, -0.2) is 9.48 Å². The van der Waals surface area contributed by atoms with Crippen LogP contribution in [0.2, 0.25) is 0 Å². The molecule has 0 bridgehead atoms. The van der Waals surface area contributed by atoms with Gasteiger partial charge in [-0.15, -0.1) is 5.10 Å². The summed E-state index contributed by atoms with van der Waals surface area (Å²) in [7, 11) is 0. The average Bonchev–Trinajstić information content (AvgIpc) is 2.79. The number of amides is 1. The first kappa shape index (κ1) is 17.1. The Labute approximate surface area is 125 Å². The van der Waals surface area contributed by atoms with Crippen molar-refractivity contribution in [3.63, 3.8) is 0 Å². The second-order valence-corrected chi connectivity index (χ2v) is 5.59. The number of carbonyl (C=O) groups excluding carboxylic acids is 2. The molecule has 1 heterocycles. The highest BCUT2D eigenvalue weighted by Gasteiger charge is 2.27. The molecule has 0 spiro atoms. The molecule has 7 nitrogen and oxygen atoms in total. The van der Waals surface area contributed by atoms with Gasteiger partial charge in [0.2, 0.25) is 5.91 Å². The van der Waals surface area contributed by atoms with Crippen LogP contribution in [0.3, 0.4) is 0 Å². The predicted octanol–water partition coefficient (Wildman–Crippen LogP) is 1.63. The fraction of sp³-hybridized carbons (Fsp3) is 0.714. The Hall–Kier alpha value is -1.92. The molecule has 21 heavy (non-hydrogen) atoms. The molecule has 1 atom stereocenters. The highest BCUT2D eigenvalue weighted by atomic mass is 16.5. The molecule has 1 N–H and O–H groups in total. The van der Waals surface area contributed by atoms with Crippen molar-refractivity contribution in [3.05, 3.63) is 11.4 Å². The molecule has 0 saturated carbocycles. The summed E-state index contributed by atoms with van der Waals surface area (Å²) in [6.07, 6.45) is 0.815. The van der Waals surface area contributed by atoms with Crippen molar-refractivity contribution in [1.29, 1.82) is 0 Å². The van der Waals surface area contributed by atoms with Crippen LogP contribution in [0.4, 0.5) is 0 Å². The smallest absolute Gasteiger partial charge is 0.360 e. The van der Waals surface area contributed by atoms with Crippen LogP contribution in [-0.4, -0.2) is 39.0 Å². The molecule has 1 amide bonds. The minimum absolute atomic E-state index is 0.145. The lowest BCUT2D eigenvalue weighted by Gasteiger charge is -2.26. The Morgan fingerprint density at radius 1 is 1.38 bits per heavy atom. The zero-order chi connectivity index (χ0) is 16.2. The summed E-state index contributed by atoms with van der Waals surface area (Å²) in [6, 6.07) is -0.550. The summed E-state index contributed by atoms with van der Waals surface area (Å²) < 4.78 is 6.34. The van der Waals surface area contributed by atoms with Crippen molar-refractivity contribution in [2.75, 3.05) is 6.61 Å². The van der Waals surface area contributed by atoms with Gasteiger partial charge in [0, 0.05) is 5.54 Å². The molecule has 0 fully saturated rings. The van der Waals surface area contributed by atoms with E-state index in [2.05, 4.69) is 15.6 Å². The SMILES string of the molecule is CCOC(=O)c1nnn(C(C)C(=O)NC(C)(C)CC)c1C. The summed E-state index contributed by atoms with van der Waals surface area (Å²) in [4.78, 5) is 24.0. The van der Waals surface area contributed by atoms with E-state index < -0.39 is 12.0 Å². The molecule has 0 saturated heterocycles. The van der Waals surface area contributed by atoms with E-state index in [4.69, 9.17) is 4.74 Å². The number of hydrogen-bond donors (Lipinski definition) is 1. The third-order valence-electron chi connectivity index (χ3n) is 3.49. The number of hydrogen-bond acceptors (Lipinski definition) is 5. The van der Waals surface area contributed by atoms with Crippen LogP contribution in [0.5, 0.6) is 0 Å². The molecule has 0 aromatic carbocycles. The van der Waals surface area contributed by atoms with Crippen LogP contribution >= 0.6 is 0 Å². The Balaban J connectivity index is 2.91. The van der Waals surface area contributed by atoms with Crippen molar-refractivity contribution in [1.82, 2.24) is 20.3 Å². The van der Waals surface area contributed by atoms with Crippen molar-refractivity contribution in [3.8, 4) is 0 Å². The van der Waals surface area contributed by atoms with Gasteiger partial charge in [0.25, 0.3) is 0 Å². The van der Waals surface area contributed by atoms with Gasteiger partial charge in [-0.2, -0.15) is 0 Å². The van der Waals surface area contributed by atoms with E-state index in [1.807, 2.05) is 20.8 Å². The first-order chi connectivity index (χ1) is 9.73. The summed E-state index contributed by atoms with van der Waals surface area (Å²) in [5, 5.41) is 10.7. The van der Waals surface area contributed by atoms with Gasteiger partial charge >= 0.3 is 5.97 Å². The Morgan fingerprint density at radius 3 is 2.52 bits per heavy atom. The van der Waals surface area contributed by atoms with Crippen molar-refractivity contribution in [2.24, 2.45) is 0 Å². The fourth-order valence-corrected chi connectivity index (χ4v) is 1.73. The first-order valence-electron chi connectivity index (χ1n) is 7.14. The summed E-state index contributed by atoms with van der Waals surface area (Å²) >= 11 is 0. The quantitative estimate of drug-likeness (QED) is 0.806. The Kier molecular flexibility index (Phi) is 5.46. The minimum Gasteiger partial charge on any atom is -0.461 e. The lowest BCUT2D eigenvalue weighted by molar-refractivity contribution is -0.125. The van der Waals surface area contributed by atoms with E-state index in [0.29, 0.717) is 5.69 Å². The van der Waals surface area contributed by atoms with Gasteiger partial charge in [-0.3, -0.25) is 4.79 Å². The van der Waals surface area contributed by atoms with E-state index in [0.717, 1.165) is 6.42 Å². The van der Waals surface area contributed by atoms with E-state index in [1.165, 1.54) is 4.68 Å². The number of aromatic nitrogens is 3. The van der Waals surface area contributed by atoms with Crippen LogP contribution in [0.1, 0.15) is 63.3 Å². The number of rotatable bonds is 6. The van der Waals surface area contributed by atoms with Gasteiger partial charge < -0.3 is 10.1 Å². The number of nitrogens with one attached hydrogen (secondary N) is 1. The number of carbonyl (C=O) groups is 2. The van der Waals surface area contributed by atoms with Crippen LogP contribution in [-0.2, 0) is 9.53 Å². The zero-order valence-corrected chi connectivity index (χ0v) is 13.6. The molecule has 0 aliphatic rings. The molecule has 0 radical (unpaired) electrons. The number of ether oxygens (including phenoxy) is 1. The lowest BCUT2D eigenvalue weighted by Crippen LogP contribution is -2.45. The maximum absolute atomic E-state index is 12.3. The third kappa shape index (κ3) is 4.03. The molecule has 118 valence electrons. The fourth-order valence-electron chi connectivity index (χ4n) is 1.73. The Bertz CT molecular complexity index is 522. The maximum atomic E-state index is 12.3. The zero-order valence-electron chi connectivity index (χ0n) is 13.6. The molecule has 7 heteroatoms. The maximum Gasteiger partial charge on any atom is 0.360 e. The average molecular weight is 296 g/mol. The van der Waals surface area contributed by atoms with Crippen LogP contribution in [0, 0.1) is 6.92 Å². The van der Waals surface area contributed by atoms with E-state index in [-0.39, 0.29) is 23.7 Å². The molecule has 0 aliphatic heterocycles. The molecule has 1 aromatic rings. The highest BCUT2D eigenvalue weighted by Crippen LogP contribution is 2.15. The summed E-state index contributed by atoms with van der Waals surface area (Å²) in [5.41, 5.74) is 0.376. The van der Waals surface area contributed by atoms with Crippen LogP contribution in [0.25, 0.3) is 0 Å². The molecule has 1 unspecified atom stereocenters. The normalized spacial score (nSPS) is 12.9. The van der Waals surface area contributed by atoms with Gasteiger partial charge in [0.1, 0.15) is 6.04 Å². The second kappa shape index (κ2) is 6.69. The highest BCUT2D eigenvalue weighted by molar-refractivity contribution is 5.88. The first-order valence-corrected chi connectivity index (χ1v) is 7.14. The molecular weight excluding hydrogens is 272 g/mol. The number of nitrogens with zero attached hydrogens (tertiary/aromatic N) is 3. The van der Waals surface area contributed by atoms with Crippen LogP contribution < -0.4 is 5.32 Å². The topological polar surface area (TPSA) is 86.1 Å². The Morgan fingerprint density at radius 2 is 2.00 bits per heavy atom. The van der Waals surface area contributed by atoms with Gasteiger partial charge in [-0.05, 0) is 41.0 Å². The molecule has 1 aromatic heterocycles. The van der Waals surface area contributed by atoms with E-state index >= 15 is 0 Å². The molecular formula is C14H24N4O3.